The molecule has 5 nitrogen and oxygen atoms in total. The number of hydrogen-bond acceptors (Lipinski definition) is 4. The average Bonchev–Trinajstić information content (AvgIpc) is 2.70. The second-order valence-corrected chi connectivity index (χ2v) is 6.36. The lowest BCUT2D eigenvalue weighted by atomic mass is 10.3. The van der Waals surface area contributed by atoms with Gasteiger partial charge in [0.2, 0.25) is 10.0 Å². The highest BCUT2D eigenvalue weighted by atomic mass is 32.2. The summed E-state index contributed by atoms with van der Waals surface area (Å²) in [6.45, 7) is 2.07. The zero-order chi connectivity index (χ0) is 12.0. The lowest BCUT2D eigenvalue weighted by Crippen LogP contribution is -2.38. The summed E-state index contributed by atoms with van der Waals surface area (Å²) in [4.78, 5) is 0. The van der Waals surface area contributed by atoms with E-state index in [2.05, 4.69) is 5.32 Å². The summed E-state index contributed by atoms with van der Waals surface area (Å²) in [6, 6.07) is 0.134. The van der Waals surface area contributed by atoms with Crippen LogP contribution in [-0.4, -0.2) is 58.4 Å². The van der Waals surface area contributed by atoms with Crippen molar-refractivity contribution >= 4 is 10.0 Å². The predicted molar refractivity (Wildman–Crippen MR) is 63.9 cm³/mol. The Balaban J connectivity index is 2.36. The first kappa shape index (κ1) is 13.9. The van der Waals surface area contributed by atoms with Gasteiger partial charge in [-0.05, 0) is 25.8 Å². The Labute approximate surface area is 98.2 Å². The van der Waals surface area contributed by atoms with E-state index < -0.39 is 10.0 Å². The van der Waals surface area contributed by atoms with Crippen molar-refractivity contribution in [2.45, 2.75) is 25.3 Å². The molecule has 6 heteroatoms. The highest BCUT2D eigenvalue weighted by Crippen LogP contribution is 2.10. The van der Waals surface area contributed by atoms with Gasteiger partial charge in [-0.1, -0.05) is 0 Å². The largest absolute Gasteiger partial charge is 0.385 e. The van der Waals surface area contributed by atoms with Gasteiger partial charge in [0.1, 0.15) is 0 Å². The van der Waals surface area contributed by atoms with Crippen LogP contribution in [0.25, 0.3) is 0 Å². The molecule has 0 radical (unpaired) electrons. The molecular formula is C10H22N2O3S. The molecule has 1 fully saturated rings. The Kier molecular flexibility index (Phi) is 5.68. The predicted octanol–water partition coefficient (Wildman–Crippen LogP) is 0.0365. The molecule has 0 aliphatic carbocycles. The molecule has 0 bridgehead atoms. The van der Waals surface area contributed by atoms with Gasteiger partial charge in [-0.15, -0.1) is 0 Å². The monoisotopic (exact) mass is 250 g/mol. The van der Waals surface area contributed by atoms with Crippen LogP contribution in [0.4, 0.5) is 0 Å². The van der Waals surface area contributed by atoms with Crippen molar-refractivity contribution in [2.75, 3.05) is 39.6 Å². The van der Waals surface area contributed by atoms with E-state index in [0.717, 1.165) is 25.8 Å². The fourth-order valence-electron chi connectivity index (χ4n) is 1.85. The van der Waals surface area contributed by atoms with Crippen LogP contribution in [0.2, 0.25) is 0 Å². The number of methoxy groups -OCH3 is 1. The van der Waals surface area contributed by atoms with Gasteiger partial charge in [0.15, 0.2) is 0 Å². The fourth-order valence-corrected chi connectivity index (χ4v) is 3.31. The lowest BCUT2D eigenvalue weighted by Gasteiger charge is -2.19. The van der Waals surface area contributed by atoms with Gasteiger partial charge in [-0.2, -0.15) is 0 Å². The first-order chi connectivity index (χ1) is 7.56. The minimum atomic E-state index is -3.11. The maximum absolute atomic E-state index is 11.9. The third kappa shape index (κ3) is 4.37. The molecule has 1 heterocycles. The maximum Gasteiger partial charge on any atom is 0.215 e. The number of nitrogens with one attached hydrogen (secondary N) is 1. The number of rotatable bonds is 7. The van der Waals surface area contributed by atoms with Crippen LogP contribution in [0.5, 0.6) is 0 Å². The summed E-state index contributed by atoms with van der Waals surface area (Å²) >= 11 is 0. The van der Waals surface area contributed by atoms with Crippen molar-refractivity contribution in [3.63, 3.8) is 0 Å². The van der Waals surface area contributed by atoms with Gasteiger partial charge in [0, 0.05) is 33.4 Å². The number of ether oxygens (including phenoxy) is 1. The van der Waals surface area contributed by atoms with E-state index in [1.165, 1.54) is 4.31 Å². The van der Waals surface area contributed by atoms with Crippen LogP contribution in [0.15, 0.2) is 0 Å². The fraction of sp³-hybridized carbons (Fsp3) is 1.00. The zero-order valence-corrected chi connectivity index (χ0v) is 10.9. The molecule has 0 spiro atoms. The van der Waals surface area contributed by atoms with E-state index in [0.29, 0.717) is 13.2 Å². The second kappa shape index (κ2) is 6.54. The molecule has 0 aromatic heterocycles. The standard InChI is InChI=1S/C10H22N2O3S/c1-12(7-4-8-15-2)16(13,14)9-10-5-3-6-11-10/h10-11H,3-9H2,1-2H3. The highest BCUT2D eigenvalue weighted by Gasteiger charge is 2.24. The van der Waals surface area contributed by atoms with Crippen LogP contribution in [0, 0.1) is 0 Å². The first-order valence-electron chi connectivity index (χ1n) is 5.72. The maximum atomic E-state index is 11.9. The molecule has 0 aromatic rings. The van der Waals surface area contributed by atoms with Crippen molar-refractivity contribution in [3.8, 4) is 0 Å². The number of sulfonamides is 1. The van der Waals surface area contributed by atoms with Crippen LogP contribution < -0.4 is 5.32 Å². The van der Waals surface area contributed by atoms with Gasteiger partial charge in [-0.25, -0.2) is 12.7 Å². The Morgan fingerprint density at radius 2 is 2.25 bits per heavy atom. The summed E-state index contributed by atoms with van der Waals surface area (Å²) in [5.41, 5.74) is 0. The minimum absolute atomic E-state index is 0.134. The summed E-state index contributed by atoms with van der Waals surface area (Å²) in [5.74, 6) is 0.219. The molecular weight excluding hydrogens is 228 g/mol. The van der Waals surface area contributed by atoms with Gasteiger partial charge in [0.05, 0.1) is 5.75 Å². The van der Waals surface area contributed by atoms with Crippen LogP contribution in [0.3, 0.4) is 0 Å². The van der Waals surface area contributed by atoms with E-state index in [-0.39, 0.29) is 11.8 Å². The molecule has 1 rings (SSSR count). The molecule has 0 saturated carbocycles. The highest BCUT2D eigenvalue weighted by molar-refractivity contribution is 7.89. The van der Waals surface area contributed by atoms with Crippen LogP contribution >= 0.6 is 0 Å². The van der Waals surface area contributed by atoms with Crippen molar-refractivity contribution < 1.29 is 13.2 Å². The quantitative estimate of drug-likeness (QED) is 0.648. The van der Waals surface area contributed by atoms with E-state index in [1.54, 1.807) is 14.2 Å². The number of hydrogen-bond donors (Lipinski definition) is 1. The SMILES string of the molecule is COCCCN(C)S(=O)(=O)CC1CCCN1. The zero-order valence-electron chi connectivity index (χ0n) is 10.1. The molecule has 1 aliphatic rings. The Bertz CT molecular complexity index is 286. The summed E-state index contributed by atoms with van der Waals surface area (Å²) in [7, 11) is 0.152. The average molecular weight is 250 g/mol. The molecule has 16 heavy (non-hydrogen) atoms. The minimum Gasteiger partial charge on any atom is -0.385 e. The topological polar surface area (TPSA) is 58.6 Å². The molecule has 96 valence electrons. The van der Waals surface area contributed by atoms with E-state index in [9.17, 15) is 8.42 Å². The van der Waals surface area contributed by atoms with Gasteiger partial charge in [-0.3, -0.25) is 0 Å². The number of nitrogens with zero attached hydrogens (tertiary/aromatic N) is 1. The van der Waals surface area contributed by atoms with Gasteiger partial charge < -0.3 is 10.1 Å². The lowest BCUT2D eigenvalue weighted by molar-refractivity contribution is 0.189. The van der Waals surface area contributed by atoms with Crippen LogP contribution in [0.1, 0.15) is 19.3 Å². The summed E-state index contributed by atoms with van der Waals surface area (Å²) in [6.07, 6.45) is 2.78. The van der Waals surface area contributed by atoms with E-state index >= 15 is 0 Å². The summed E-state index contributed by atoms with van der Waals surface area (Å²) < 4.78 is 30.2. The molecule has 1 saturated heterocycles. The van der Waals surface area contributed by atoms with Crippen molar-refractivity contribution in [1.29, 1.82) is 0 Å². The molecule has 1 atom stereocenters. The van der Waals surface area contributed by atoms with Crippen molar-refractivity contribution in [2.24, 2.45) is 0 Å². The molecule has 0 amide bonds. The van der Waals surface area contributed by atoms with Crippen LogP contribution in [-0.2, 0) is 14.8 Å². The second-order valence-electron chi connectivity index (χ2n) is 4.24. The Morgan fingerprint density at radius 1 is 1.50 bits per heavy atom. The first-order valence-corrected chi connectivity index (χ1v) is 7.33. The Morgan fingerprint density at radius 3 is 2.81 bits per heavy atom. The smallest absolute Gasteiger partial charge is 0.215 e. The van der Waals surface area contributed by atoms with E-state index in [1.807, 2.05) is 0 Å². The third-order valence-corrected chi connectivity index (χ3v) is 4.83. The third-order valence-electron chi connectivity index (χ3n) is 2.87. The van der Waals surface area contributed by atoms with Gasteiger partial charge in [0.25, 0.3) is 0 Å². The molecule has 1 aliphatic heterocycles. The molecule has 1 N–H and O–H groups in total. The van der Waals surface area contributed by atoms with Gasteiger partial charge >= 0.3 is 0 Å². The molecule has 1 unspecified atom stereocenters. The molecule has 0 aromatic carbocycles. The Hall–Kier alpha value is -0.170. The van der Waals surface area contributed by atoms with Crippen molar-refractivity contribution in [1.82, 2.24) is 9.62 Å². The van der Waals surface area contributed by atoms with E-state index in [4.69, 9.17) is 4.74 Å². The van der Waals surface area contributed by atoms with Crippen molar-refractivity contribution in [3.05, 3.63) is 0 Å². The summed E-state index contributed by atoms with van der Waals surface area (Å²) in [5, 5.41) is 3.20. The normalized spacial score (nSPS) is 21.8.